The van der Waals surface area contributed by atoms with Gasteiger partial charge in [0.25, 0.3) is 0 Å². The molecule has 141 valence electrons. The monoisotopic (exact) mass is 543 g/mol. The Kier molecular flexibility index (Phi) is 4.57. The van der Waals surface area contributed by atoms with Crippen LogP contribution in [0.4, 0.5) is 0 Å². The van der Waals surface area contributed by atoms with Crippen LogP contribution in [0.25, 0.3) is 38.4 Å². The molecule has 0 fully saturated rings. The Balaban J connectivity index is 0.00000192. The van der Waals surface area contributed by atoms with Gasteiger partial charge in [-0.05, 0) is 50.3 Å². The van der Waals surface area contributed by atoms with Gasteiger partial charge in [0.1, 0.15) is 0 Å². The van der Waals surface area contributed by atoms with Crippen LogP contribution >= 0.6 is 0 Å². The Labute approximate surface area is 177 Å². The maximum Gasteiger partial charge on any atom is 0.0608 e. The van der Waals surface area contributed by atoms with Gasteiger partial charge in [0.2, 0.25) is 0 Å². The Morgan fingerprint density at radius 2 is 1.79 bits per heavy atom. The van der Waals surface area contributed by atoms with E-state index in [4.69, 9.17) is 4.98 Å². The Morgan fingerprint density at radius 1 is 0.964 bits per heavy atom. The van der Waals surface area contributed by atoms with Gasteiger partial charge in [0.05, 0.1) is 5.65 Å². The van der Waals surface area contributed by atoms with Crippen LogP contribution in [0.5, 0.6) is 0 Å². The first-order chi connectivity index (χ1) is 13.0. The van der Waals surface area contributed by atoms with Gasteiger partial charge in [0, 0.05) is 49.4 Å². The van der Waals surface area contributed by atoms with Crippen molar-refractivity contribution in [2.24, 2.45) is 0 Å². The number of hydrogen-bond acceptors (Lipinski definition) is 2. The van der Waals surface area contributed by atoms with Gasteiger partial charge >= 0.3 is 0 Å². The van der Waals surface area contributed by atoms with E-state index >= 15 is 0 Å². The van der Waals surface area contributed by atoms with E-state index in [0.29, 0.717) is 0 Å². The molecule has 4 heteroatoms. The number of rotatable bonds is 1. The third-order valence-electron chi connectivity index (χ3n) is 5.33. The summed E-state index contributed by atoms with van der Waals surface area (Å²) in [4.78, 5) is 9.34. The first kappa shape index (κ1) is 18.8. The molecule has 28 heavy (non-hydrogen) atoms. The number of imidazole rings is 1. The number of fused-ring (bicyclic) bond motifs is 6. The van der Waals surface area contributed by atoms with Crippen molar-refractivity contribution < 1.29 is 20.1 Å². The van der Waals surface area contributed by atoms with Crippen LogP contribution in [-0.2, 0) is 20.1 Å². The summed E-state index contributed by atoms with van der Waals surface area (Å²) < 4.78 is 2.19. The molecular weight excluding hydrogens is 523 g/mol. The van der Waals surface area contributed by atoms with Crippen molar-refractivity contribution in [1.29, 1.82) is 0 Å². The van der Waals surface area contributed by atoms with Crippen molar-refractivity contribution in [3.63, 3.8) is 0 Å². The van der Waals surface area contributed by atoms with Gasteiger partial charge in [-0.15, -0.1) is 18.2 Å². The average molecular weight is 543 g/mol. The molecule has 0 saturated heterocycles. The zero-order valence-electron chi connectivity index (χ0n) is 16.3. The van der Waals surface area contributed by atoms with Crippen molar-refractivity contribution in [2.45, 2.75) is 27.7 Å². The largest absolute Gasteiger partial charge is 0.340 e. The van der Waals surface area contributed by atoms with Crippen LogP contribution in [0.1, 0.15) is 22.5 Å². The third-order valence-corrected chi connectivity index (χ3v) is 5.33. The van der Waals surface area contributed by atoms with E-state index in [9.17, 15) is 0 Å². The van der Waals surface area contributed by atoms with Crippen LogP contribution in [-0.4, -0.2) is 14.4 Å². The summed E-state index contributed by atoms with van der Waals surface area (Å²) in [5.74, 6) is 0. The molecular formula is C24H20IrN3-. The molecule has 0 bridgehead atoms. The molecule has 5 aromatic rings. The molecule has 0 aliphatic rings. The number of aromatic nitrogens is 3. The second-order valence-corrected chi connectivity index (χ2v) is 7.33. The van der Waals surface area contributed by atoms with Crippen molar-refractivity contribution in [2.75, 3.05) is 0 Å². The van der Waals surface area contributed by atoms with Crippen LogP contribution < -0.4 is 0 Å². The summed E-state index contributed by atoms with van der Waals surface area (Å²) >= 11 is 0. The van der Waals surface area contributed by atoms with Crippen LogP contribution in [0.3, 0.4) is 0 Å². The molecule has 0 saturated carbocycles. The Hall–Kier alpha value is -2.55. The maximum atomic E-state index is 4.69. The smallest absolute Gasteiger partial charge is 0.0608 e. The first-order valence-electron chi connectivity index (χ1n) is 9.19. The van der Waals surface area contributed by atoms with E-state index in [1.54, 1.807) is 0 Å². The van der Waals surface area contributed by atoms with Crippen molar-refractivity contribution in [3.05, 3.63) is 77.4 Å². The standard InChI is InChI=1S/C24H20N3.Ir/c1-14-12-15(2)23-21(13-14)22-19(18-9-8-16(3)26-17(18)4)6-5-7-20(22)24-25-10-11-27(23)24;/h5-6,8-13H,1-4H3;/q-1;. The molecule has 0 aliphatic carbocycles. The minimum absolute atomic E-state index is 0. The molecule has 0 atom stereocenters. The molecule has 1 radical (unpaired) electrons. The predicted octanol–water partition coefficient (Wildman–Crippen LogP) is 5.73. The topological polar surface area (TPSA) is 30.2 Å². The molecule has 5 rings (SSSR count). The maximum absolute atomic E-state index is 4.69. The van der Waals surface area contributed by atoms with E-state index in [1.807, 2.05) is 25.4 Å². The van der Waals surface area contributed by atoms with Gasteiger partial charge in [0.15, 0.2) is 0 Å². The fraction of sp³-hybridized carbons (Fsp3) is 0.167. The molecule has 0 aliphatic heterocycles. The molecule has 0 spiro atoms. The predicted molar refractivity (Wildman–Crippen MR) is 111 cm³/mol. The zero-order valence-corrected chi connectivity index (χ0v) is 18.7. The first-order valence-corrected chi connectivity index (χ1v) is 9.19. The van der Waals surface area contributed by atoms with E-state index in [2.05, 4.69) is 66.6 Å². The van der Waals surface area contributed by atoms with Crippen LogP contribution in [0, 0.1) is 33.8 Å². The van der Waals surface area contributed by atoms with Gasteiger partial charge in [-0.1, -0.05) is 40.1 Å². The minimum Gasteiger partial charge on any atom is -0.340 e. The molecule has 0 unspecified atom stereocenters. The second kappa shape index (κ2) is 6.80. The molecule has 0 amide bonds. The van der Waals surface area contributed by atoms with Crippen molar-refractivity contribution >= 4 is 27.3 Å². The molecule has 3 nitrogen and oxygen atoms in total. The summed E-state index contributed by atoms with van der Waals surface area (Å²) in [5.41, 5.74) is 9.10. The zero-order chi connectivity index (χ0) is 18.7. The number of hydrogen-bond donors (Lipinski definition) is 0. The average Bonchev–Trinajstić information content (AvgIpc) is 3.10. The van der Waals surface area contributed by atoms with Crippen molar-refractivity contribution in [1.82, 2.24) is 14.4 Å². The SMILES string of the molecule is Cc1cc(C)c2c(c1)c1c(-c3ccc(C)nc3C)cc[c-]c1c1nccn12.[Ir]. The number of aryl methyl sites for hydroxylation is 4. The second-order valence-electron chi connectivity index (χ2n) is 7.33. The number of pyridine rings is 2. The van der Waals surface area contributed by atoms with E-state index in [-0.39, 0.29) is 20.1 Å². The van der Waals surface area contributed by atoms with Gasteiger partial charge in [-0.2, -0.15) is 0 Å². The third kappa shape index (κ3) is 2.68. The number of nitrogens with zero attached hydrogens (tertiary/aromatic N) is 3. The normalized spacial score (nSPS) is 11.3. The fourth-order valence-corrected chi connectivity index (χ4v) is 4.29. The fourth-order valence-electron chi connectivity index (χ4n) is 4.29. The van der Waals surface area contributed by atoms with Gasteiger partial charge in [-0.3, -0.25) is 9.97 Å². The van der Waals surface area contributed by atoms with Crippen molar-refractivity contribution in [3.8, 4) is 11.1 Å². The van der Waals surface area contributed by atoms with E-state index in [0.717, 1.165) is 28.0 Å². The summed E-state index contributed by atoms with van der Waals surface area (Å²) in [5, 5.41) is 3.49. The van der Waals surface area contributed by atoms with E-state index in [1.165, 1.54) is 33.0 Å². The van der Waals surface area contributed by atoms with Crippen LogP contribution in [0.2, 0.25) is 0 Å². The molecule has 3 heterocycles. The summed E-state index contributed by atoms with van der Waals surface area (Å²) in [6.45, 7) is 8.44. The summed E-state index contributed by atoms with van der Waals surface area (Å²) in [6.07, 6.45) is 3.91. The van der Waals surface area contributed by atoms with Gasteiger partial charge < -0.3 is 4.40 Å². The molecule has 0 N–H and O–H groups in total. The summed E-state index contributed by atoms with van der Waals surface area (Å²) in [7, 11) is 0. The van der Waals surface area contributed by atoms with Gasteiger partial charge in [-0.25, -0.2) is 0 Å². The van der Waals surface area contributed by atoms with Crippen LogP contribution in [0.15, 0.2) is 48.8 Å². The molecule has 3 aromatic heterocycles. The minimum atomic E-state index is 0. The Morgan fingerprint density at radius 3 is 2.57 bits per heavy atom. The summed E-state index contributed by atoms with van der Waals surface area (Å²) in [6, 6.07) is 16.4. The quantitative estimate of drug-likeness (QED) is 0.200. The van der Waals surface area contributed by atoms with E-state index < -0.39 is 0 Å². The number of benzene rings is 2. The molecule has 2 aromatic carbocycles. The Bertz CT molecular complexity index is 1370.